The number of carbonyl (C=O) groups is 1. The van der Waals surface area contributed by atoms with Crippen LogP contribution in [-0.4, -0.2) is 49.5 Å². The third kappa shape index (κ3) is 4.26. The number of hydrogen-bond donors (Lipinski definition) is 0. The van der Waals surface area contributed by atoms with Gasteiger partial charge in [-0.05, 0) is 32.0 Å². The molecule has 4 rings (SSSR count). The van der Waals surface area contributed by atoms with E-state index in [0.717, 1.165) is 17.8 Å². The molecule has 1 atom stereocenters. The maximum Gasteiger partial charge on any atom is 0.317 e. The highest BCUT2D eigenvalue weighted by atomic mass is 16.5. The average molecular weight is 393 g/mol. The van der Waals surface area contributed by atoms with Gasteiger partial charge in [-0.15, -0.1) is 0 Å². The van der Waals surface area contributed by atoms with E-state index < -0.39 is 0 Å². The van der Waals surface area contributed by atoms with Crippen molar-refractivity contribution in [3.8, 4) is 6.01 Å². The summed E-state index contributed by atoms with van der Waals surface area (Å²) in [7, 11) is 0. The highest BCUT2D eigenvalue weighted by Crippen LogP contribution is 2.17. The molecule has 0 radical (unpaired) electrons. The maximum absolute atomic E-state index is 12.6. The SMILES string of the molecule is Cc1cc(C)nc(O[C@@H]2CCN(C(=O)CCn3cnc4ccccc4c3=O)C2)n1. The quantitative estimate of drug-likeness (QED) is 0.657. The molecule has 2 aromatic heterocycles. The summed E-state index contributed by atoms with van der Waals surface area (Å²) in [6.45, 7) is 5.22. The van der Waals surface area contributed by atoms with Crippen LogP contribution in [0.15, 0.2) is 41.5 Å². The van der Waals surface area contributed by atoms with E-state index in [4.69, 9.17) is 4.74 Å². The molecule has 0 spiro atoms. The molecule has 8 nitrogen and oxygen atoms in total. The summed E-state index contributed by atoms with van der Waals surface area (Å²) >= 11 is 0. The van der Waals surface area contributed by atoms with Gasteiger partial charge in [-0.25, -0.2) is 15.0 Å². The Kier molecular flexibility index (Phi) is 5.24. The predicted molar refractivity (Wildman–Crippen MR) is 108 cm³/mol. The minimum Gasteiger partial charge on any atom is -0.458 e. The van der Waals surface area contributed by atoms with Crippen molar-refractivity contribution in [1.29, 1.82) is 0 Å². The van der Waals surface area contributed by atoms with E-state index in [1.165, 1.54) is 10.9 Å². The topological polar surface area (TPSA) is 90.2 Å². The van der Waals surface area contributed by atoms with Gasteiger partial charge in [0.05, 0.1) is 23.8 Å². The van der Waals surface area contributed by atoms with Crippen molar-refractivity contribution < 1.29 is 9.53 Å². The second-order valence-electron chi connectivity index (χ2n) is 7.31. The predicted octanol–water partition coefficient (Wildman–Crippen LogP) is 1.87. The summed E-state index contributed by atoms with van der Waals surface area (Å²) in [5.74, 6) is -0.00232. The van der Waals surface area contributed by atoms with Crippen LogP contribution in [0.4, 0.5) is 0 Å². The number of ether oxygens (including phenoxy) is 1. The summed E-state index contributed by atoms with van der Waals surface area (Å²) in [4.78, 5) is 39.8. The molecular weight excluding hydrogens is 370 g/mol. The van der Waals surface area contributed by atoms with E-state index in [1.54, 1.807) is 17.0 Å². The summed E-state index contributed by atoms with van der Waals surface area (Å²) in [6.07, 6.45) is 2.36. The Bertz CT molecular complexity index is 1090. The second-order valence-corrected chi connectivity index (χ2v) is 7.31. The normalized spacial score (nSPS) is 16.3. The smallest absolute Gasteiger partial charge is 0.317 e. The van der Waals surface area contributed by atoms with E-state index in [9.17, 15) is 9.59 Å². The van der Waals surface area contributed by atoms with Gasteiger partial charge in [0.1, 0.15) is 6.10 Å². The molecule has 1 fully saturated rings. The first-order valence-corrected chi connectivity index (χ1v) is 9.70. The average Bonchev–Trinajstić information content (AvgIpc) is 3.15. The second kappa shape index (κ2) is 7.98. The number of nitrogens with zero attached hydrogens (tertiary/aromatic N) is 5. The molecule has 29 heavy (non-hydrogen) atoms. The van der Waals surface area contributed by atoms with Crippen LogP contribution in [0.3, 0.4) is 0 Å². The maximum atomic E-state index is 12.6. The van der Waals surface area contributed by atoms with Crippen molar-refractivity contribution in [1.82, 2.24) is 24.4 Å². The first-order valence-electron chi connectivity index (χ1n) is 9.70. The van der Waals surface area contributed by atoms with Crippen molar-refractivity contribution in [2.24, 2.45) is 0 Å². The molecular formula is C21H23N5O3. The lowest BCUT2D eigenvalue weighted by molar-refractivity contribution is -0.130. The molecule has 0 aliphatic carbocycles. The first kappa shape index (κ1) is 19.0. The molecule has 3 aromatic rings. The molecule has 3 heterocycles. The van der Waals surface area contributed by atoms with Crippen molar-refractivity contribution in [2.45, 2.75) is 39.3 Å². The molecule has 0 N–H and O–H groups in total. The lowest BCUT2D eigenvalue weighted by atomic mass is 10.2. The number of benzene rings is 1. The van der Waals surface area contributed by atoms with Gasteiger partial charge in [-0.1, -0.05) is 12.1 Å². The van der Waals surface area contributed by atoms with Gasteiger partial charge < -0.3 is 9.64 Å². The van der Waals surface area contributed by atoms with E-state index >= 15 is 0 Å². The Balaban J connectivity index is 1.35. The van der Waals surface area contributed by atoms with Crippen LogP contribution in [0.25, 0.3) is 10.9 Å². The Morgan fingerprint density at radius 3 is 2.76 bits per heavy atom. The third-order valence-electron chi connectivity index (χ3n) is 5.03. The zero-order valence-electron chi connectivity index (χ0n) is 16.5. The number of aromatic nitrogens is 4. The molecule has 1 aromatic carbocycles. The van der Waals surface area contributed by atoms with E-state index in [1.807, 2.05) is 32.0 Å². The number of carbonyl (C=O) groups excluding carboxylic acids is 1. The van der Waals surface area contributed by atoms with E-state index in [-0.39, 0.29) is 24.0 Å². The Labute approximate surface area is 168 Å². The van der Waals surface area contributed by atoms with Crippen molar-refractivity contribution >= 4 is 16.8 Å². The van der Waals surface area contributed by atoms with Crippen LogP contribution in [0, 0.1) is 13.8 Å². The highest BCUT2D eigenvalue weighted by Gasteiger charge is 2.28. The fraction of sp³-hybridized carbons (Fsp3) is 0.381. The van der Waals surface area contributed by atoms with Gasteiger partial charge in [0, 0.05) is 37.3 Å². The Hall–Kier alpha value is -3.29. The molecule has 8 heteroatoms. The number of fused-ring (bicyclic) bond motifs is 1. The number of hydrogen-bond acceptors (Lipinski definition) is 6. The van der Waals surface area contributed by atoms with Gasteiger partial charge in [0.25, 0.3) is 5.56 Å². The molecule has 0 unspecified atom stereocenters. The number of amides is 1. The van der Waals surface area contributed by atoms with E-state index in [2.05, 4.69) is 15.0 Å². The van der Waals surface area contributed by atoms with Crippen LogP contribution in [-0.2, 0) is 11.3 Å². The molecule has 0 saturated carbocycles. The summed E-state index contributed by atoms with van der Waals surface area (Å²) in [5, 5.41) is 0.561. The van der Waals surface area contributed by atoms with Gasteiger partial charge in [0.2, 0.25) is 5.91 Å². The first-order chi connectivity index (χ1) is 14.0. The standard InChI is InChI=1S/C21H23N5O3/c1-14-11-15(2)24-21(23-14)29-16-7-9-25(12-16)19(27)8-10-26-13-22-18-6-4-3-5-17(18)20(26)28/h3-6,11,13,16H,7-10,12H2,1-2H3/t16-/m1/s1. The van der Waals surface area contributed by atoms with Crippen LogP contribution in [0.1, 0.15) is 24.2 Å². The fourth-order valence-electron chi connectivity index (χ4n) is 3.59. The van der Waals surface area contributed by atoms with Crippen LogP contribution < -0.4 is 10.3 Å². The van der Waals surface area contributed by atoms with Gasteiger partial charge in [-0.3, -0.25) is 14.2 Å². The fourth-order valence-corrected chi connectivity index (χ4v) is 3.59. The number of aryl methyl sites for hydroxylation is 3. The molecule has 1 saturated heterocycles. The van der Waals surface area contributed by atoms with Crippen molar-refractivity contribution in [3.05, 3.63) is 58.4 Å². The van der Waals surface area contributed by atoms with Crippen LogP contribution in [0.5, 0.6) is 6.01 Å². The number of rotatable bonds is 5. The zero-order chi connectivity index (χ0) is 20.4. The van der Waals surface area contributed by atoms with Gasteiger partial charge >= 0.3 is 6.01 Å². The lowest BCUT2D eigenvalue weighted by Gasteiger charge is -2.17. The molecule has 0 bridgehead atoms. The van der Waals surface area contributed by atoms with Crippen LogP contribution in [0.2, 0.25) is 0 Å². The summed E-state index contributed by atoms with van der Waals surface area (Å²) < 4.78 is 7.36. The van der Waals surface area contributed by atoms with Crippen LogP contribution >= 0.6 is 0 Å². The lowest BCUT2D eigenvalue weighted by Crippen LogP contribution is -2.32. The Morgan fingerprint density at radius 1 is 1.21 bits per heavy atom. The third-order valence-corrected chi connectivity index (χ3v) is 5.03. The molecule has 1 aliphatic heterocycles. The summed E-state index contributed by atoms with van der Waals surface area (Å²) in [6, 6.07) is 9.45. The van der Waals surface area contributed by atoms with Crippen molar-refractivity contribution in [2.75, 3.05) is 13.1 Å². The number of likely N-dealkylation sites (tertiary alicyclic amines) is 1. The minimum absolute atomic E-state index is 0.00232. The Morgan fingerprint density at radius 2 is 1.97 bits per heavy atom. The minimum atomic E-state index is -0.127. The molecule has 1 aliphatic rings. The van der Waals surface area contributed by atoms with Gasteiger partial charge in [-0.2, -0.15) is 0 Å². The zero-order valence-corrected chi connectivity index (χ0v) is 16.5. The summed E-state index contributed by atoms with van der Waals surface area (Å²) in [5.41, 5.74) is 2.24. The largest absolute Gasteiger partial charge is 0.458 e. The molecule has 150 valence electrons. The number of para-hydroxylation sites is 1. The molecule has 1 amide bonds. The van der Waals surface area contributed by atoms with Crippen molar-refractivity contribution in [3.63, 3.8) is 0 Å². The van der Waals surface area contributed by atoms with E-state index in [0.29, 0.717) is 36.5 Å². The highest BCUT2D eigenvalue weighted by molar-refractivity contribution is 5.77. The van der Waals surface area contributed by atoms with Gasteiger partial charge in [0.15, 0.2) is 0 Å². The monoisotopic (exact) mass is 393 g/mol.